The molecule has 0 amide bonds. The molecule has 1 aromatic rings. The van der Waals surface area contributed by atoms with Gasteiger partial charge in [-0.15, -0.1) is 0 Å². The Morgan fingerprint density at radius 3 is 3.21 bits per heavy atom. The second-order valence-corrected chi connectivity index (χ2v) is 4.01. The molecular formula is C8H8N2O3S. The molecule has 0 spiro atoms. The number of thioether (sulfide) groups is 1. The summed E-state index contributed by atoms with van der Waals surface area (Å²) in [4.78, 5) is 26.1. The number of fused-ring (bicyclic) bond motifs is 1. The summed E-state index contributed by atoms with van der Waals surface area (Å²) < 4.78 is 1.41. The predicted octanol–water partition coefficient (Wildman–Crippen LogP) is 0.0498. The summed E-state index contributed by atoms with van der Waals surface area (Å²) in [6.07, 6.45) is 1.45. The van der Waals surface area contributed by atoms with Crippen molar-refractivity contribution in [2.24, 2.45) is 5.92 Å². The zero-order chi connectivity index (χ0) is 10.1. The Kier molecular flexibility index (Phi) is 2.28. The molecule has 0 fully saturated rings. The van der Waals surface area contributed by atoms with Crippen molar-refractivity contribution in [3.63, 3.8) is 0 Å². The zero-order valence-electron chi connectivity index (χ0n) is 7.21. The quantitative estimate of drug-likeness (QED) is 0.666. The number of carboxylic acids is 1. The minimum Gasteiger partial charge on any atom is -0.481 e. The van der Waals surface area contributed by atoms with Crippen LogP contribution >= 0.6 is 11.8 Å². The van der Waals surface area contributed by atoms with Gasteiger partial charge in [0.15, 0.2) is 5.16 Å². The van der Waals surface area contributed by atoms with Gasteiger partial charge in [0.1, 0.15) is 0 Å². The zero-order valence-corrected chi connectivity index (χ0v) is 8.03. The second kappa shape index (κ2) is 3.45. The maximum Gasteiger partial charge on any atom is 0.309 e. The molecule has 1 aliphatic rings. The fourth-order valence-electron chi connectivity index (χ4n) is 1.30. The van der Waals surface area contributed by atoms with Crippen LogP contribution in [0.15, 0.2) is 22.2 Å². The van der Waals surface area contributed by atoms with E-state index in [9.17, 15) is 9.59 Å². The van der Waals surface area contributed by atoms with E-state index in [4.69, 9.17) is 5.11 Å². The molecule has 0 radical (unpaired) electrons. The largest absolute Gasteiger partial charge is 0.481 e. The van der Waals surface area contributed by atoms with Crippen LogP contribution in [-0.4, -0.2) is 26.4 Å². The Morgan fingerprint density at radius 1 is 1.71 bits per heavy atom. The average molecular weight is 212 g/mol. The Bertz CT molecular complexity index is 429. The highest BCUT2D eigenvalue weighted by atomic mass is 32.2. The number of aromatic nitrogens is 2. The lowest BCUT2D eigenvalue weighted by Crippen LogP contribution is -2.33. The molecule has 1 aliphatic heterocycles. The summed E-state index contributed by atoms with van der Waals surface area (Å²) in [5.41, 5.74) is -0.187. The Morgan fingerprint density at radius 2 is 2.50 bits per heavy atom. The SMILES string of the molecule is O=C(O)[C@@H]1CSc2nccc(=O)n2C1. The monoisotopic (exact) mass is 212 g/mol. The van der Waals surface area contributed by atoms with Crippen molar-refractivity contribution in [1.29, 1.82) is 0 Å². The topological polar surface area (TPSA) is 72.2 Å². The highest BCUT2D eigenvalue weighted by Crippen LogP contribution is 2.24. The molecule has 2 rings (SSSR count). The molecule has 0 unspecified atom stereocenters. The minimum absolute atomic E-state index is 0.187. The molecule has 1 aromatic heterocycles. The molecule has 2 heterocycles. The summed E-state index contributed by atoms with van der Waals surface area (Å²) in [5, 5.41) is 9.41. The highest BCUT2D eigenvalue weighted by molar-refractivity contribution is 7.99. The molecule has 14 heavy (non-hydrogen) atoms. The van der Waals surface area contributed by atoms with Crippen LogP contribution in [0.2, 0.25) is 0 Å². The van der Waals surface area contributed by atoms with Gasteiger partial charge in [0.2, 0.25) is 0 Å². The maximum absolute atomic E-state index is 11.3. The van der Waals surface area contributed by atoms with Gasteiger partial charge in [-0.3, -0.25) is 14.2 Å². The third kappa shape index (κ3) is 1.52. The van der Waals surface area contributed by atoms with Gasteiger partial charge in [-0.25, -0.2) is 4.98 Å². The van der Waals surface area contributed by atoms with Crippen LogP contribution in [0.3, 0.4) is 0 Å². The Labute approximate surface area is 83.8 Å². The van der Waals surface area contributed by atoms with Gasteiger partial charge in [-0.2, -0.15) is 0 Å². The summed E-state index contributed by atoms with van der Waals surface area (Å²) in [7, 11) is 0. The first-order valence-electron chi connectivity index (χ1n) is 4.10. The van der Waals surface area contributed by atoms with Crippen molar-refractivity contribution in [3.05, 3.63) is 22.6 Å². The average Bonchev–Trinajstić information content (AvgIpc) is 2.18. The third-order valence-electron chi connectivity index (χ3n) is 2.06. The number of carboxylic acid groups (broad SMARTS) is 1. The fraction of sp³-hybridized carbons (Fsp3) is 0.375. The van der Waals surface area contributed by atoms with E-state index in [0.29, 0.717) is 10.9 Å². The van der Waals surface area contributed by atoms with E-state index in [1.54, 1.807) is 0 Å². The van der Waals surface area contributed by atoms with Gasteiger partial charge in [0, 0.05) is 24.6 Å². The standard InChI is InChI=1S/C8H8N2O3S/c11-6-1-2-9-8-10(6)3-5(4-14-8)7(12)13/h1-2,5H,3-4H2,(H,12,13)/t5-/m0/s1. The lowest BCUT2D eigenvalue weighted by Gasteiger charge is -2.21. The number of carbonyl (C=O) groups is 1. The molecule has 0 saturated heterocycles. The lowest BCUT2D eigenvalue weighted by molar-refractivity contribution is -0.141. The number of rotatable bonds is 1. The summed E-state index contributed by atoms with van der Waals surface area (Å²) in [6, 6.07) is 1.34. The van der Waals surface area contributed by atoms with Gasteiger partial charge in [-0.05, 0) is 0 Å². The first kappa shape index (κ1) is 9.26. The van der Waals surface area contributed by atoms with E-state index in [-0.39, 0.29) is 12.1 Å². The van der Waals surface area contributed by atoms with Gasteiger partial charge >= 0.3 is 5.97 Å². The van der Waals surface area contributed by atoms with Crippen molar-refractivity contribution >= 4 is 17.7 Å². The number of aliphatic carboxylic acids is 1. The van der Waals surface area contributed by atoms with Crippen LogP contribution < -0.4 is 5.56 Å². The van der Waals surface area contributed by atoms with E-state index in [1.807, 2.05) is 0 Å². The van der Waals surface area contributed by atoms with E-state index in [0.717, 1.165) is 0 Å². The van der Waals surface area contributed by atoms with Crippen LogP contribution in [0, 0.1) is 5.92 Å². The summed E-state index contributed by atoms with van der Waals surface area (Å²) in [6.45, 7) is 0.227. The molecular weight excluding hydrogens is 204 g/mol. The van der Waals surface area contributed by atoms with Gasteiger partial charge in [-0.1, -0.05) is 11.8 Å². The van der Waals surface area contributed by atoms with Crippen molar-refractivity contribution in [2.75, 3.05) is 5.75 Å². The van der Waals surface area contributed by atoms with Crippen LogP contribution in [-0.2, 0) is 11.3 Å². The highest BCUT2D eigenvalue weighted by Gasteiger charge is 2.25. The van der Waals surface area contributed by atoms with E-state index in [1.165, 1.54) is 28.6 Å². The molecule has 1 atom stereocenters. The molecule has 0 aliphatic carbocycles. The lowest BCUT2D eigenvalue weighted by atomic mass is 10.2. The maximum atomic E-state index is 11.3. The predicted molar refractivity (Wildman–Crippen MR) is 50.3 cm³/mol. The summed E-state index contributed by atoms with van der Waals surface area (Å²) >= 11 is 1.31. The Hall–Kier alpha value is -1.30. The molecule has 0 aromatic carbocycles. The van der Waals surface area contributed by atoms with Crippen molar-refractivity contribution in [1.82, 2.24) is 9.55 Å². The number of nitrogens with zero attached hydrogens (tertiary/aromatic N) is 2. The molecule has 1 N–H and O–H groups in total. The Balaban J connectivity index is 2.38. The normalized spacial score (nSPS) is 20.1. The van der Waals surface area contributed by atoms with Crippen LogP contribution in [0.1, 0.15) is 0 Å². The summed E-state index contributed by atoms with van der Waals surface area (Å²) in [5.74, 6) is -0.875. The van der Waals surface area contributed by atoms with E-state index >= 15 is 0 Å². The molecule has 74 valence electrons. The molecule has 5 nitrogen and oxygen atoms in total. The van der Waals surface area contributed by atoms with E-state index in [2.05, 4.69) is 4.98 Å². The van der Waals surface area contributed by atoms with Crippen LogP contribution in [0.4, 0.5) is 0 Å². The number of hydrogen-bond acceptors (Lipinski definition) is 4. The van der Waals surface area contributed by atoms with Gasteiger partial charge < -0.3 is 5.11 Å². The first-order chi connectivity index (χ1) is 6.68. The van der Waals surface area contributed by atoms with Crippen molar-refractivity contribution in [2.45, 2.75) is 11.7 Å². The minimum atomic E-state index is -0.862. The van der Waals surface area contributed by atoms with Gasteiger partial charge in [0.25, 0.3) is 5.56 Å². The second-order valence-electron chi connectivity index (χ2n) is 3.02. The molecule has 0 saturated carbocycles. The van der Waals surface area contributed by atoms with Crippen LogP contribution in [0.25, 0.3) is 0 Å². The molecule has 6 heteroatoms. The number of hydrogen-bond donors (Lipinski definition) is 1. The van der Waals surface area contributed by atoms with Gasteiger partial charge in [0.05, 0.1) is 5.92 Å². The first-order valence-corrected chi connectivity index (χ1v) is 5.08. The molecule has 0 bridgehead atoms. The van der Waals surface area contributed by atoms with Crippen molar-refractivity contribution in [3.8, 4) is 0 Å². The van der Waals surface area contributed by atoms with E-state index < -0.39 is 11.9 Å². The van der Waals surface area contributed by atoms with Crippen LogP contribution in [0.5, 0.6) is 0 Å². The third-order valence-corrected chi connectivity index (χ3v) is 3.22. The fourth-order valence-corrected chi connectivity index (χ4v) is 2.35. The smallest absolute Gasteiger partial charge is 0.309 e. The van der Waals surface area contributed by atoms with Crippen molar-refractivity contribution < 1.29 is 9.90 Å².